The maximum absolute atomic E-state index is 12.7. The minimum Gasteiger partial charge on any atom is -0.454 e. The molecule has 4 fully saturated rings. The van der Waals surface area contributed by atoms with Crippen LogP contribution in [0.2, 0.25) is 0 Å². The van der Waals surface area contributed by atoms with E-state index in [4.69, 9.17) is 4.42 Å². The first-order valence-electron chi connectivity index (χ1n) is 9.61. The van der Waals surface area contributed by atoms with Gasteiger partial charge in [-0.1, -0.05) is 0 Å². The average Bonchev–Trinajstić information content (AvgIpc) is 3.27. The lowest BCUT2D eigenvalue weighted by Crippen LogP contribution is -2.55. The summed E-state index contributed by atoms with van der Waals surface area (Å²) >= 11 is 0. The molecule has 4 aliphatic carbocycles. The molecule has 2 aromatic heterocycles. The highest BCUT2D eigenvalue weighted by molar-refractivity contribution is 5.91. The average molecular weight is 370 g/mol. The molecule has 4 saturated carbocycles. The fourth-order valence-corrected chi connectivity index (χ4v) is 5.66. The van der Waals surface area contributed by atoms with E-state index in [9.17, 15) is 14.9 Å². The molecule has 1 N–H and O–H groups in total. The molecule has 2 aromatic rings. The summed E-state index contributed by atoms with van der Waals surface area (Å²) in [6.45, 7) is 0.249. The molecule has 8 heteroatoms. The third-order valence-electron chi connectivity index (χ3n) is 6.56. The van der Waals surface area contributed by atoms with Gasteiger partial charge in [0.1, 0.15) is 18.2 Å². The van der Waals surface area contributed by atoms with E-state index in [0.29, 0.717) is 23.4 Å². The lowest BCUT2D eigenvalue weighted by Gasteiger charge is -2.54. The van der Waals surface area contributed by atoms with E-state index in [-0.39, 0.29) is 24.2 Å². The van der Waals surface area contributed by atoms with Crippen LogP contribution in [0.4, 0.5) is 5.69 Å². The Kier molecular flexibility index (Phi) is 3.80. The summed E-state index contributed by atoms with van der Waals surface area (Å²) in [6.07, 6.45) is 8.93. The second-order valence-corrected chi connectivity index (χ2v) is 8.35. The number of hydrogen-bond acceptors (Lipinski definition) is 5. The topological polar surface area (TPSA) is 103 Å². The summed E-state index contributed by atoms with van der Waals surface area (Å²) in [7, 11) is 0. The van der Waals surface area contributed by atoms with Crippen LogP contribution < -0.4 is 5.32 Å². The van der Waals surface area contributed by atoms with Gasteiger partial charge in [0, 0.05) is 6.04 Å². The number of carbonyl (C=O) groups excluding carboxylic acids is 1. The van der Waals surface area contributed by atoms with Crippen molar-refractivity contribution in [1.29, 1.82) is 0 Å². The van der Waals surface area contributed by atoms with Gasteiger partial charge in [-0.2, -0.15) is 5.10 Å². The van der Waals surface area contributed by atoms with Gasteiger partial charge in [0.15, 0.2) is 5.76 Å². The van der Waals surface area contributed by atoms with E-state index in [0.717, 1.165) is 11.8 Å². The fourth-order valence-electron chi connectivity index (χ4n) is 5.66. The molecule has 8 nitrogen and oxygen atoms in total. The molecule has 142 valence electrons. The number of rotatable bonds is 5. The number of amides is 1. The van der Waals surface area contributed by atoms with Crippen molar-refractivity contribution in [2.75, 3.05) is 0 Å². The molecule has 2 heterocycles. The van der Waals surface area contributed by atoms with Crippen molar-refractivity contribution in [3.05, 3.63) is 46.2 Å². The second-order valence-electron chi connectivity index (χ2n) is 8.35. The SMILES string of the molecule is O=C(NC1C2CC3CC(C2)CC1C3)c1ccc(Cn2cc([N+](=O)[O-])cn2)o1. The molecule has 4 aliphatic rings. The number of hydrogen-bond donors (Lipinski definition) is 1. The maximum atomic E-state index is 12.7. The number of carbonyl (C=O) groups is 1. The van der Waals surface area contributed by atoms with Crippen LogP contribution in [-0.4, -0.2) is 26.7 Å². The van der Waals surface area contributed by atoms with Crippen molar-refractivity contribution in [3.63, 3.8) is 0 Å². The molecule has 0 aromatic carbocycles. The van der Waals surface area contributed by atoms with Crippen LogP contribution >= 0.6 is 0 Å². The molecule has 4 bridgehead atoms. The summed E-state index contributed by atoms with van der Waals surface area (Å²) in [6, 6.07) is 3.66. The van der Waals surface area contributed by atoms with Crippen LogP contribution in [0.5, 0.6) is 0 Å². The third-order valence-corrected chi connectivity index (χ3v) is 6.56. The second kappa shape index (κ2) is 6.21. The largest absolute Gasteiger partial charge is 0.454 e. The summed E-state index contributed by atoms with van der Waals surface area (Å²) in [4.78, 5) is 22.9. The van der Waals surface area contributed by atoms with Crippen molar-refractivity contribution in [2.24, 2.45) is 23.7 Å². The van der Waals surface area contributed by atoms with Crippen molar-refractivity contribution in [3.8, 4) is 0 Å². The first-order chi connectivity index (χ1) is 13.0. The molecule has 1 amide bonds. The van der Waals surface area contributed by atoms with E-state index in [1.165, 1.54) is 49.2 Å². The van der Waals surface area contributed by atoms with Gasteiger partial charge in [-0.25, -0.2) is 0 Å². The minimum atomic E-state index is -0.491. The number of furan rings is 1. The van der Waals surface area contributed by atoms with Crippen LogP contribution in [0.1, 0.15) is 48.4 Å². The van der Waals surface area contributed by atoms with Gasteiger partial charge >= 0.3 is 5.69 Å². The molecule has 0 saturated heterocycles. The molecule has 0 unspecified atom stereocenters. The number of aromatic nitrogens is 2. The zero-order chi connectivity index (χ0) is 18.5. The third kappa shape index (κ3) is 3.02. The Morgan fingerprint density at radius 3 is 2.56 bits per heavy atom. The van der Waals surface area contributed by atoms with Gasteiger partial charge in [-0.3, -0.25) is 19.6 Å². The van der Waals surface area contributed by atoms with Crippen molar-refractivity contribution in [1.82, 2.24) is 15.1 Å². The number of nitrogens with zero attached hydrogens (tertiary/aromatic N) is 3. The van der Waals surface area contributed by atoms with E-state index in [2.05, 4.69) is 10.4 Å². The zero-order valence-electron chi connectivity index (χ0n) is 14.9. The highest BCUT2D eigenvalue weighted by Crippen LogP contribution is 2.53. The van der Waals surface area contributed by atoms with Gasteiger partial charge in [-0.05, 0) is 67.9 Å². The lowest BCUT2D eigenvalue weighted by molar-refractivity contribution is -0.385. The molecular weight excluding hydrogens is 348 g/mol. The summed E-state index contributed by atoms with van der Waals surface area (Å²) in [5.41, 5.74) is -0.0681. The minimum absolute atomic E-state index is 0.0681. The monoisotopic (exact) mass is 370 g/mol. The van der Waals surface area contributed by atoms with Crippen LogP contribution in [0.3, 0.4) is 0 Å². The Bertz CT molecular complexity index is 858. The predicted molar refractivity (Wildman–Crippen MR) is 95.0 cm³/mol. The quantitative estimate of drug-likeness (QED) is 0.644. The Labute approximate surface area is 156 Å². The normalized spacial score (nSPS) is 31.2. The van der Waals surface area contributed by atoms with Crippen LogP contribution in [0, 0.1) is 33.8 Å². The number of nitrogens with one attached hydrogen (secondary N) is 1. The Hall–Kier alpha value is -2.64. The van der Waals surface area contributed by atoms with Crippen LogP contribution in [0.15, 0.2) is 28.9 Å². The van der Waals surface area contributed by atoms with Gasteiger partial charge in [0.25, 0.3) is 5.91 Å². The summed E-state index contributed by atoms with van der Waals surface area (Å²) in [5, 5.41) is 17.9. The molecule has 6 rings (SSSR count). The van der Waals surface area contributed by atoms with Crippen molar-refractivity contribution in [2.45, 2.75) is 44.7 Å². The van der Waals surface area contributed by atoms with E-state index >= 15 is 0 Å². The van der Waals surface area contributed by atoms with Crippen molar-refractivity contribution < 1.29 is 14.1 Å². The van der Waals surface area contributed by atoms with Crippen molar-refractivity contribution >= 4 is 11.6 Å². The van der Waals surface area contributed by atoms with Gasteiger partial charge in [0.2, 0.25) is 0 Å². The lowest BCUT2D eigenvalue weighted by atomic mass is 9.54. The van der Waals surface area contributed by atoms with Gasteiger partial charge in [-0.15, -0.1) is 0 Å². The predicted octanol–water partition coefficient (Wildman–Crippen LogP) is 2.99. The van der Waals surface area contributed by atoms with E-state index < -0.39 is 4.92 Å². The van der Waals surface area contributed by atoms with Gasteiger partial charge in [0.05, 0.1) is 11.5 Å². The van der Waals surface area contributed by atoms with Gasteiger partial charge < -0.3 is 9.73 Å². The van der Waals surface area contributed by atoms with E-state index in [1.807, 2.05) is 0 Å². The summed E-state index contributed by atoms with van der Waals surface area (Å²) < 4.78 is 7.10. The van der Waals surface area contributed by atoms with Crippen LogP contribution in [-0.2, 0) is 6.54 Å². The molecule has 0 aliphatic heterocycles. The Morgan fingerprint density at radius 2 is 1.93 bits per heavy atom. The van der Waals surface area contributed by atoms with E-state index in [1.54, 1.807) is 12.1 Å². The molecule has 0 radical (unpaired) electrons. The Balaban J connectivity index is 1.24. The Morgan fingerprint density at radius 1 is 1.22 bits per heavy atom. The molecular formula is C19H22N4O4. The number of nitro groups is 1. The standard InChI is InChI=1S/C19H22N4O4/c24-19(21-18-13-4-11-3-12(6-13)7-14(18)5-11)17-2-1-16(27-17)10-22-9-15(8-20-22)23(25)26/h1-2,8-9,11-14,18H,3-7,10H2,(H,21,24). The summed E-state index contributed by atoms with van der Waals surface area (Å²) in [5.74, 6) is 3.64. The maximum Gasteiger partial charge on any atom is 0.307 e. The fraction of sp³-hybridized carbons (Fsp3) is 0.579. The molecule has 0 atom stereocenters. The zero-order valence-corrected chi connectivity index (χ0v) is 14.9. The molecule has 27 heavy (non-hydrogen) atoms. The highest BCUT2D eigenvalue weighted by atomic mass is 16.6. The molecule has 0 spiro atoms. The first kappa shape index (κ1) is 16.5. The van der Waals surface area contributed by atoms with Crippen LogP contribution in [0.25, 0.3) is 0 Å². The smallest absolute Gasteiger partial charge is 0.307 e. The highest BCUT2D eigenvalue weighted by Gasteiger charge is 2.48. The first-order valence-corrected chi connectivity index (χ1v) is 9.61.